The summed E-state index contributed by atoms with van der Waals surface area (Å²) in [7, 11) is 0. The smallest absolute Gasteiger partial charge is 0.265 e. The van der Waals surface area contributed by atoms with Crippen LogP contribution in [-0.4, -0.2) is 23.3 Å². The van der Waals surface area contributed by atoms with E-state index >= 15 is 0 Å². The van der Waals surface area contributed by atoms with Crippen molar-refractivity contribution in [1.29, 1.82) is 0 Å². The number of benzene rings is 2. The van der Waals surface area contributed by atoms with Gasteiger partial charge in [-0.3, -0.25) is 14.5 Å². The molecule has 4 nitrogen and oxygen atoms in total. The number of anilines is 1. The van der Waals surface area contributed by atoms with E-state index < -0.39 is 11.5 Å². The minimum absolute atomic E-state index is 0.0257. The highest BCUT2D eigenvalue weighted by molar-refractivity contribution is 9.10. The van der Waals surface area contributed by atoms with Gasteiger partial charge >= 0.3 is 0 Å². The standard InChI is InChI=1S/C23H22BrNO3/c1-5-12-25-19-11-10-17(24)13-18(19)23(28,21(25)27)14-20(26)15-6-8-16(9-7-15)22(2,3)4/h1,6-11,13,28H,12,14H2,2-4H3. The van der Waals surface area contributed by atoms with Gasteiger partial charge in [0.2, 0.25) is 0 Å². The Morgan fingerprint density at radius 2 is 1.86 bits per heavy atom. The average molecular weight is 440 g/mol. The molecule has 0 spiro atoms. The summed E-state index contributed by atoms with van der Waals surface area (Å²) in [5.41, 5.74) is 0.527. The van der Waals surface area contributed by atoms with Gasteiger partial charge < -0.3 is 5.11 Å². The number of amides is 1. The Morgan fingerprint density at radius 1 is 1.21 bits per heavy atom. The van der Waals surface area contributed by atoms with Crippen LogP contribution in [-0.2, 0) is 15.8 Å². The zero-order chi connectivity index (χ0) is 20.7. The maximum absolute atomic E-state index is 13.0. The van der Waals surface area contributed by atoms with Crippen LogP contribution in [0.4, 0.5) is 5.69 Å². The maximum Gasteiger partial charge on any atom is 0.265 e. The molecule has 1 unspecified atom stereocenters. The number of terminal acetylenes is 1. The molecule has 1 heterocycles. The Labute approximate surface area is 173 Å². The Morgan fingerprint density at radius 3 is 2.43 bits per heavy atom. The molecule has 1 atom stereocenters. The third-order valence-corrected chi connectivity index (χ3v) is 5.53. The fraction of sp³-hybridized carbons (Fsp3) is 0.304. The summed E-state index contributed by atoms with van der Waals surface area (Å²) in [5, 5.41) is 11.2. The Balaban J connectivity index is 1.95. The Bertz CT molecular complexity index is 982. The number of rotatable bonds is 4. The van der Waals surface area contributed by atoms with Crippen molar-refractivity contribution in [2.45, 2.75) is 38.2 Å². The molecule has 0 saturated carbocycles. The van der Waals surface area contributed by atoms with Crippen molar-refractivity contribution < 1.29 is 14.7 Å². The van der Waals surface area contributed by atoms with Gasteiger partial charge in [-0.2, -0.15) is 0 Å². The van der Waals surface area contributed by atoms with Gasteiger partial charge in [0.15, 0.2) is 11.4 Å². The number of hydrogen-bond donors (Lipinski definition) is 1. The lowest BCUT2D eigenvalue weighted by Gasteiger charge is -2.22. The van der Waals surface area contributed by atoms with E-state index in [0.717, 1.165) is 5.56 Å². The summed E-state index contributed by atoms with van der Waals surface area (Å²) in [6.45, 7) is 6.32. The van der Waals surface area contributed by atoms with Gasteiger partial charge in [-0.25, -0.2) is 0 Å². The van der Waals surface area contributed by atoms with Crippen LogP contribution in [0.15, 0.2) is 46.9 Å². The minimum Gasteiger partial charge on any atom is -0.375 e. The zero-order valence-electron chi connectivity index (χ0n) is 16.1. The van der Waals surface area contributed by atoms with E-state index in [-0.39, 0.29) is 24.2 Å². The normalized spacial score (nSPS) is 18.7. The summed E-state index contributed by atoms with van der Waals surface area (Å²) < 4.78 is 0.710. The number of hydrogen-bond acceptors (Lipinski definition) is 3. The first kappa shape index (κ1) is 20.3. The summed E-state index contributed by atoms with van der Waals surface area (Å²) in [5.74, 6) is 1.56. The third-order valence-electron chi connectivity index (χ3n) is 5.03. The van der Waals surface area contributed by atoms with E-state index in [0.29, 0.717) is 21.3 Å². The molecule has 3 rings (SSSR count). The molecule has 0 radical (unpaired) electrons. The van der Waals surface area contributed by atoms with Gasteiger partial charge in [0, 0.05) is 15.6 Å². The van der Waals surface area contributed by atoms with Crippen LogP contribution in [0.2, 0.25) is 0 Å². The molecule has 144 valence electrons. The van der Waals surface area contributed by atoms with E-state index in [1.54, 1.807) is 30.3 Å². The van der Waals surface area contributed by atoms with Crippen molar-refractivity contribution in [3.63, 3.8) is 0 Å². The zero-order valence-corrected chi connectivity index (χ0v) is 17.7. The first-order valence-electron chi connectivity index (χ1n) is 8.99. The number of halogens is 1. The largest absolute Gasteiger partial charge is 0.375 e. The molecule has 0 aliphatic carbocycles. The molecule has 0 fully saturated rings. The molecular formula is C23H22BrNO3. The highest BCUT2D eigenvalue weighted by Crippen LogP contribution is 2.44. The molecule has 0 bridgehead atoms. The fourth-order valence-electron chi connectivity index (χ4n) is 3.43. The number of nitrogens with zero attached hydrogens (tertiary/aromatic N) is 1. The van der Waals surface area contributed by atoms with Gasteiger partial charge in [-0.1, -0.05) is 66.9 Å². The van der Waals surface area contributed by atoms with Crippen molar-refractivity contribution >= 4 is 33.3 Å². The van der Waals surface area contributed by atoms with Crippen LogP contribution in [0.25, 0.3) is 0 Å². The summed E-state index contributed by atoms with van der Waals surface area (Å²) >= 11 is 3.37. The molecule has 2 aromatic rings. The van der Waals surface area contributed by atoms with Crippen LogP contribution in [0.5, 0.6) is 0 Å². The monoisotopic (exact) mass is 439 g/mol. The average Bonchev–Trinajstić information content (AvgIpc) is 2.83. The summed E-state index contributed by atoms with van der Waals surface area (Å²) in [6, 6.07) is 12.5. The highest BCUT2D eigenvalue weighted by Gasteiger charge is 2.50. The number of carbonyl (C=O) groups is 2. The summed E-state index contributed by atoms with van der Waals surface area (Å²) in [4.78, 5) is 27.2. The first-order valence-corrected chi connectivity index (χ1v) is 9.79. The first-order chi connectivity index (χ1) is 13.1. The molecule has 2 aromatic carbocycles. The van der Waals surface area contributed by atoms with Crippen LogP contribution in [0, 0.1) is 12.3 Å². The van der Waals surface area contributed by atoms with Crippen molar-refractivity contribution in [2.24, 2.45) is 0 Å². The lowest BCUT2D eigenvalue weighted by molar-refractivity contribution is -0.135. The molecule has 5 heteroatoms. The quantitative estimate of drug-likeness (QED) is 0.573. The van der Waals surface area contributed by atoms with Gasteiger partial charge in [0.1, 0.15) is 0 Å². The molecule has 1 N–H and O–H groups in total. The van der Waals surface area contributed by atoms with E-state index in [1.165, 1.54) is 4.90 Å². The van der Waals surface area contributed by atoms with Gasteiger partial charge in [0.05, 0.1) is 18.7 Å². The lowest BCUT2D eigenvalue weighted by atomic mass is 9.85. The fourth-order valence-corrected chi connectivity index (χ4v) is 3.79. The van der Waals surface area contributed by atoms with E-state index in [4.69, 9.17) is 6.42 Å². The molecule has 0 aromatic heterocycles. The topological polar surface area (TPSA) is 57.6 Å². The molecule has 1 aliphatic rings. The molecule has 0 saturated heterocycles. The second-order valence-electron chi connectivity index (χ2n) is 8.04. The summed E-state index contributed by atoms with van der Waals surface area (Å²) in [6.07, 6.45) is 5.04. The van der Waals surface area contributed by atoms with Crippen molar-refractivity contribution in [3.05, 3.63) is 63.6 Å². The van der Waals surface area contributed by atoms with Crippen LogP contribution >= 0.6 is 15.9 Å². The highest BCUT2D eigenvalue weighted by atomic mass is 79.9. The van der Waals surface area contributed by atoms with Crippen LogP contribution in [0.1, 0.15) is 48.7 Å². The maximum atomic E-state index is 13.0. The van der Waals surface area contributed by atoms with E-state index in [1.807, 2.05) is 12.1 Å². The Hall–Kier alpha value is -2.42. The van der Waals surface area contributed by atoms with Crippen LogP contribution in [0.3, 0.4) is 0 Å². The Kier molecular flexibility index (Phi) is 5.22. The predicted molar refractivity (Wildman–Crippen MR) is 113 cm³/mol. The van der Waals surface area contributed by atoms with Gasteiger partial charge in [-0.05, 0) is 29.2 Å². The predicted octanol–water partition coefficient (Wildman–Crippen LogP) is 4.19. The molecule has 1 aliphatic heterocycles. The van der Waals surface area contributed by atoms with Crippen molar-refractivity contribution in [2.75, 3.05) is 11.4 Å². The van der Waals surface area contributed by atoms with Crippen molar-refractivity contribution in [3.8, 4) is 12.3 Å². The van der Waals surface area contributed by atoms with Gasteiger partial charge in [-0.15, -0.1) is 6.42 Å². The van der Waals surface area contributed by atoms with Crippen molar-refractivity contribution in [1.82, 2.24) is 0 Å². The number of aliphatic hydroxyl groups is 1. The molecular weight excluding hydrogens is 418 g/mol. The van der Waals surface area contributed by atoms with E-state index in [2.05, 4.69) is 42.6 Å². The molecule has 1 amide bonds. The van der Waals surface area contributed by atoms with Gasteiger partial charge in [0.25, 0.3) is 5.91 Å². The number of ketones is 1. The van der Waals surface area contributed by atoms with Crippen LogP contribution < -0.4 is 4.90 Å². The number of fused-ring (bicyclic) bond motifs is 1. The van der Waals surface area contributed by atoms with E-state index in [9.17, 15) is 14.7 Å². The number of Topliss-reactive ketones (excluding diaryl/α,β-unsaturated/α-hetero) is 1. The SMILES string of the molecule is C#CCN1C(=O)C(O)(CC(=O)c2ccc(C(C)(C)C)cc2)c2cc(Br)ccc21. The molecule has 28 heavy (non-hydrogen) atoms. The second kappa shape index (κ2) is 7.20. The lowest BCUT2D eigenvalue weighted by Crippen LogP contribution is -2.42. The minimum atomic E-state index is -1.93. The second-order valence-corrected chi connectivity index (χ2v) is 8.96. The number of carbonyl (C=O) groups excluding carboxylic acids is 2. The third kappa shape index (κ3) is 3.50.